The van der Waals surface area contributed by atoms with E-state index >= 15 is 0 Å². The summed E-state index contributed by atoms with van der Waals surface area (Å²) < 4.78 is 0. The fourth-order valence-electron chi connectivity index (χ4n) is 2.62. The first-order valence-corrected chi connectivity index (χ1v) is 7.07. The molecule has 2 heterocycles. The Morgan fingerprint density at radius 2 is 2.11 bits per heavy atom. The third kappa shape index (κ3) is 3.30. The number of aryl methyl sites for hydroxylation is 1. The molecule has 4 nitrogen and oxygen atoms in total. The Morgan fingerprint density at radius 3 is 2.68 bits per heavy atom. The molecule has 1 unspecified atom stereocenters. The summed E-state index contributed by atoms with van der Waals surface area (Å²) >= 11 is 0. The van der Waals surface area contributed by atoms with Crippen LogP contribution in [0.25, 0.3) is 0 Å². The van der Waals surface area contributed by atoms with Gasteiger partial charge in [-0.05, 0) is 52.4 Å². The largest absolute Gasteiger partial charge is 0.306 e. The predicted octanol–water partition coefficient (Wildman–Crippen LogP) is 2.61. The van der Waals surface area contributed by atoms with E-state index in [1.165, 1.54) is 0 Å². The molecule has 1 saturated heterocycles. The first-order valence-electron chi connectivity index (χ1n) is 7.07. The lowest BCUT2D eigenvalue weighted by atomic mass is 9.93. The minimum absolute atomic E-state index is 0.176. The maximum absolute atomic E-state index is 9.17. The molecule has 1 atom stereocenters. The quantitative estimate of drug-likeness (QED) is 0.836. The molecule has 0 spiro atoms. The van der Waals surface area contributed by atoms with E-state index in [0.29, 0.717) is 11.7 Å². The van der Waals surface area contributed by atoms with Crippen LogP contribution >= 0.6 is 0 Å². The monoisotopic (exact) mass is 258 g/mol. The van der Waals surface area contributed by atoms with E-state index < -0.39 is 0 Å². The SMILES string of the molecule is CCC(C#N)c1nc(C)cc(C2CCN(C)CC2)n1. The van der Waals surface area contributed by atoms with Crippen molar-refractivity contribution in [2.24, 2.45) is 0 Å². The molecule has 1 aliphatic rings. The zero-order chi connectivity index (χ0) is 13.8. The lowest BCUT2D eigenvalue weighted by molar-refractivity contribution is 0.253. The van der Waals surface area contributed by atoms with Gasteiger partial charge < -0.3 is 4.90 Å². The topological polar surface area (TPSA) is 52.8 Å². The highest BCUT2D eigenvalue weighted by atomic mass is 15.1. The Hall–Kier alpha value is -1.47. The molecule has 19 heavy (non-hydrogen) atoms. The lowest BCUT2D eigenvalue weighted by Gasteiger charge is -2.28. The number of nitriles is 1. The summed E-state index contributed by atoms with van der Waals surface area (Å²) in [5.74, 6) is 1.05. The Balaban J connectivity index is 2.24. The maximum atomic E-state index is 9.17. The van der Waals surface area contributed by atoms with Gasteiger partial charge in [0.1, 0.15) is 11.7 Å². The van der Waals surface area contributed by atoms with Gasteiger partial charge in [-0.3, -0.25) is 0 Å². The third-order valence-corrected chi connectivity index (χ3v) is 3.90. The van der Waals surface area contributed by atoms with Crippen LogP contribution in [-0.4, -0.2) is 35.0 Å². The Bertz CT molecular complexity index is 470. The van der Waals surface area contributed by atoms with Crippen molar-refractivity contribution >= 4 is 0 Å². The van der Waals surface area contributed by atoms with Gasteiger partial charge in [0.05, 0.1) is 6.07 Å². The van der Waals surface area contributed by atoms with Crippen LogP contribution in [0.2, 0.25) is 0 Å². The zero-order valence-electron chi connectivity index (χ0n) is 12.1. The average molecular weight is 258 g/mol. The molecule has 0 bridgehead atoms. The number of aromatic nitrogens is 2. The second-order valence-electron chi connectivity index (χ2n) is 5.46. The minimum Gasteiger partial charge on any atom is -0.306 e. The minimum atomic E-state index is -0.176. The summed E-state index contributed by atoms with van der Waals surface area (Å²) in [5, 5.41) is 9.17. The van der Waals surface area contributed by atoms with Crippen molar-refractivity contribution in [3.05, 3.63) is 23.3 Å². The highest BCUT2D eigenvalue weighted by molar-refractivity contribution is 5.19. The molecule has 0 saturated carbocycles. The summed E-state index contributed by atoms with van der Waals surface area (Å²) in [6.07, 6.45) is 3.07. The van der Waals surface area contributed by atoms with Crippen LogP contribution in [0.5, 0.6) is 0 Å². The van der Waals surface area contributed by atoms with Gasteiger partial charge >= 0.3 is 0 Å². The highest BCUT2D eigenvalue weighted by Gasteiger charge is 2.22. The summed E-state index contributed by atoms with van der Waals surface area (Å²) in [6, 6.07) is 4.39. The number of nitrogens with zero attached hydrogens (tertiary/aromatic N) is 4. The standard InChI is InChI=1S/C15H22N4/c1-4-12(10-16)15-17-11(2)9-14(18-15)13-5-7-19(3)8-6-13/h9,12-13H,4-8H2,1-3H3. The Kier molecular flexibility index (Phi) is 4.49. The van der Waals surface area contributed by atoms with E-state index in [-0.39, 0.29) is 5.92 Å². The van der Waals surface area contributed by atoms with Crippen molar-refractivity contribution in [1.82, 2.24) is 14.9 Å². The summed E-state index contributed by atoms with van der Waals surface area (Å²) in [6.45, 7) is 6.25. The van der Waals surface area contributed by atoms with E-state index in [1.54, 1.807) is 0 Å². The van der Waals surface area contributed by atoms with Crippen LogP contribution in [0.15, 0.2) is 6.07 Å². The van der Waals surface area contributed by atoms with Crippen molar-refractivity contribution < 1.29 is 0 Å². The van der Waals surface area contributed by atoms with Crippen molar-refractivity contribution in [3.8, 4) is 6.07 Å². The number of likely N-dealkylation sites (tertiary alicyclic amines) is 1. The molecule has 0 aliphatic carbocycles. The molecular formula is C15H22N4. The lowest BCUT2D eigenvalue weighted by Crippen LogP contribution is -2.29. The van der Waals surface area contributed by atoms with Crippen LogP contribution in [0.3, 0.4) is 0 Å². The first-order chi connectivity index (χ1) is 9.13. The molecule has 2 rings (SSSR count). The van der Waals surface area contributed by atoms with Crippen LogP contribution in [0.1, 0.15) is 55.2 Å². The smallest absolute Gasteiger partial charge is 0.145 e. The molecule has 1 aliphatic heterocycles. The van der Waals surface area contributed by atoms with Gasteiger partial charge in [-0.25, -0.2) is 9.97 Å². The van der Waals surface area contributed by atoms with Crippen LogP contribution in [0.4, 0.5) is 0 Å². The number of hydrogen-bond donors (Lipinski definition) is 0. The predicted molar refractivity (Wildman–Crippen MR) is 74.9 cm³/mol. The molecule has 0 amide bonds. The summed E-state index contributed by atoms with van der Waals surface area (Å²) in [5.41, 5.74) is 2.11. The molecule has 1 aromatic heterocycles. The fourth-order valence-corrected chi connectivity index (χ4v) is 2.62. The normalized spacial score (nSPS) is 19.1. The number of hydrogen-bond acceptors (Lipinski definition) is 4. The molecule has 102 valence electrons. The van der Waals surface area contributed by atoms with E-state index in [9.17, 15) is 0 Å². The number of piperidine rings is 1. The van der Waals surface area contributed by atoms with Gasteiger partial charge in [0, 0.05) is 17.3 Å². The maximum Gasteiger partial charge on any atom is 0.145 e. The molecule has 0 radical (unpaired) electrons. The van der Waals surface area contributed by atoms with Gasteiger partial charge in [-0.1, -0.05) is 6.92 Å². The Labute approximate surface area is 115 Å². The van der Waals surface area contributed by atoms with Crippen molar-refractivity contribution in [3.63, 3.8) is 0 Å². The molecule has 4 heteroatoms. The molecular weight excluding hydrogens is 236 g/mol. The van der Waals surface area contributed by atoms with Crippen LogP contribution < -0.4 is 0 Å². The zero-order valence-corrected chi connectivity index (χ0v) is 12.1. The highest BCUT2D eigenvalue weighted by Crippen LogP contribution is 2.27. The van der Waals surface area contributed by atoms with Gasteiger partial charge in [-0.15, -0.1) is 0 Å². The van der Waals surface area contributed by atoms with Crippen molar-refractivity contribution in [2.75, 3.05) is 20.1 Å². The van der Waals surface area contributed by atoms with E-state index in [0.717, 1.165) is 43.7 Å². The summed E-state index contributed by atoms with van der Waals surface area (Å²) in [4.78, 5) is 11.5. The van der Waals surface area contributed by atoms with E-state index in [2.05, 4.69) is 34.1 Å². The molecule has 0 N–H and O–H groups in total. The Morgan fingerprint density at radius 1 is 1.42 bits per heavy atom. The number of rotatable bonds is 3. The van der Waals surface area contributed by atoms with Gasteiger partial charge in [-0.2, -0.15) is 5.26 Å². The fraction of sp³-hybridized carbons (Fsp3) is 0.667. The second kappa shape index (κ2) is 6.12. The van der Waals surface area contributed by atoms with Crippen LogP contribution in [-0.2, 0) is 0 Å². The molecule has 1 fully saturated rings. The van der Waals surface area contributed by atoms with Crippen molar-refractivity contribution in [2.45, 2.75) is 44.9 Å². The van der Waals surface area contributed by atoms with Crippen LogP contribution in [0, 0.1) is 18.3 Å². The van der Waals surface area contributed by atoms with Gasteiger partial charge in [0.15, 0.2) is 0 Å². The third-order valence-electron chi connectivity index (χ3n) is 3.90. The summed E-state index contributed by atoms with van der Waals surface area (Å²) in [7, 11) is 2.16. The van der Waals surface area contributed by atoms with Crippen molar-refractivity contribution in [1.29, 1.82) is 5.26 Å². The van der Waals surface area contributed by atoms with E-state index in [4.69, 9.17) is 5.26 Å². The molecule has 1 aromatic rings. The van der Waals surface area contributed by atoms with E-state index in [1.807, 2.05) is 13.8 Å². The molecule has 0 aromatic carbocycles. The van der Waals surface area contributed by atoms with Gasteiger partial charge in [0.25, 0.3) is 0 Å². The first kappa shape index (κ1) is 14.0. The van der Waals surface area contributed by atoms with Gasteiger partial charge in [0.2, 0.25) is 0 Å². The second-order valence-corrected chi connectivity index (χ2v) is 5.46. The average Bonchev–Trinajstić information content (AvgIpc) is 2.40.